The van der Waals surface area contributed by atoms with Gasteiger partial charge in [-0.2, -0.15) is 0 Å². The maximum Gasteiger partial charge on any atom is 0.270 e. The van der Waals surface area contributed by atoms with E-state index < -0.39 is 0 Å². The van der Waals surface area contributed by atoms with Gasteiger partial charge in [0, 0.05) is 24.9 Å². The Hall–Kier alpha value is -1.47. The Morgan fingerprint density at radius 2 is 2.16 bits per heavy atom. The third-order valence-electron chi connectivity index (χ3n) is 2.35. The van der Waals surface area contributed by atoms with Crippen molar-refractivity contribution in [1.29, 1.82) is 0 Å². The van der Waals surface area contributed by atoms with Crippen LogP contribution in [0.4, 0.5) is 0 Å². The second kappa shape index (κ2) is 7.85. The molecule has 106 valence electrons. The van der Waals surface area contributed by atoms with Crippen LogP contribution in [-0.2, 0) is 4.79 Å². The lowest BCUT2D eigenvalue weighted by molar-refractivity contribution is -0.120. The largest absolute Gasteiger partial charge is 0.356 e. The summed E-state index contributed by atoms with van der Waals surface area (Å²) in [4.78, 5) is 27.2. The highest BCUT2D eigenvalue weighted by Crippen LogP contribution is 2.15. The third kappa shape index (κ3) is 5.35. The Balaban J connectivity index is 2.32. The number of aromatic nitrogens is 1. The zero-order valence-electron chi connectivity index (χ0n) is 11.2. The summed E-state index contributed by atoms with van der Waals surface area (Å²) >= 11 is 1.36. The van der Waals surface area contributed by atoms with Crippen LogP contribution in [0.5, 0.6) is 0 Å². The van der Waals surface area contributed by atoms with Gasteiger partial charge in [-0.25, -0.2) is 4.98 Å². The quantitative estimate of drug-likeness (QED) is 0.690. The van der Waals surface area contributed by atoms with E-state index in [-0.39, 0.29) is 24.3 Å². The van der Waals surface area contributed by atoms with Crippen molar-refractivity contribution in [2.24, 2.45) is 5.73 Å². The summed E-state index contributed by atoms with van der Waals surface area (Å²) < 4.78 is 0. The molecule has 0 aliphatic rings. The average molecular weight is 284 g/mol. The number of thiazole rings is 1. The molecule has 0 saturated heterocycles. The van der Waals surface area contributed by atoms with Crippen LogP contribution in [0.1, 0.15) is 48.2 Å². The first kappa shape index (κ1) is 15.6. The van der Waals surface area contributed by atoms with Crippen LogP contribution in [0.3, 0.4) is 0 Å². The van der Waals surface area contributed by atoms with Crippen LogP contribution in [0, 0.1) is 0 Å². The lowest BCUT2D eigenvalue weighted by atomic mass is 10.3. The van der Waals surface area contributed by atoms with Crippen molar-refractivity contribution < 1.29 is 9.59 Å². The highest BCUT2D eigenvalue weighted by molar-refractivity contribution is 7.09. The average Bonchev–Trinajstić information content (AvgIpc) is 2.86. The molecule has 0 fully saturated rings. The monoisotopic (exact) mass is 284 g/mol. The lowest BCUT2D eigenvalue weighted by Crippen LogP contribution is -2.31. The zero-order valence-corrected chi connectivity index (χ0v) is 12.0. The minimum Gasteiger partial charge on any atom is -0.356 e. The van der Waals surface area contributed by atoms with E-state index in [0.717, 1.165) is 11.4 Å². The van der Waals surface area contributed by atoms with Crippen molar-refractivity contribution in [2.75, 3.05) is 13.1 Å². The minimum absolute atomic E-state index is 0.0586. The van der Waals surface area contributed by atoms with Crippen molar-refractivity contribution in [3.63, 3.8) is 0 Å². The van der Waals surface area contributed by atoms with Gasteiger partial charge in [-0.15, -0.1) is 11.3 Å². The molecule has 1 aromatic heterocycles. The van der Waals surface area contributed by atoms with Crippen LogP contribution >= 0.6 is 11.3 Å². The number of amides is 2. The van der Waals surface area contributed by atoms with Gasteiger partial charge < -0.3 is 16.4 Å². The molecule has 2 amide bonds. The summed E-state index contributed by atoms with van der Waals surface area (Å²) in [6, 6.07) is -0.175. The summed E-state index contributed by atoms with van der Waals surface area (Å²) in [5, 5.41) is 7.81. The SMILES string of the molecule is CCCNC(=O)CCNC(=O)c1csc(C(C)N)n1. The number of carbonyl (C=O) groups is 2. The van der Waals surface area contributed by atoms with Crippen molar-refractivity contribution in [2.45, 2.75) is 32.7 Å². The molecule has 1 atom stereocenters. The first-order chi connectivity index (χ1) is 9.04. The van der Waals surface area contributed by atoms with Gasteiger partial charge in [0.15, 0.2) is 0 Å². The van der Waals surface area contributed by atoms with Gasteiger partial charge in [-0.05, 0) is 13.3 Å². The van der Waals surface area contributed by atoms with E-state index in [0.29, 0.717) is 18.8 Å². The molecule has 1 rings (SSSR count). The van der Waals surface area contributed by atoms with E-state index in [9.17, 15) is 9.59 Å². The Morgan fingerprint density at radius 1 is 1.42 bits per heavy atom. The second-order valence-electron chi connectivity index (χ2n) is 4.22. The number of rotatable bonds is 7. The van der Waals surface area contributed by atoms with Crippen molar-refractivity contribution in [3.8, 4) is 0 Å². The van der Waals surface area contributed by atoms with E-state index in [2.05, 4.69) is 15.6 Å². The predicted octanol–water partition coefficient (Wildman–Crippen LogP) is 0.809. The molecule has 0 aromatic carbocycles. The van der Waals surface area contributed by atoms with Gasteiger partial charge in [0.1, 0.15) is 10.7 Å². The summed E-state index contributed by atoms with van der Waals surface area (Å²) in [7, 11) is 0. The van der Waals surface area contributed by atoms with Crippen LogP contribution in [-0.4, -0.2) is 29.9 Å². The van der Waals surface area contributed by atoms with Crippen molar-refractivity contribution in [1.82, 2.24) is 15.6 Å². The number of hydrogen-bond donors (Lipinski definition) is 3. The molecule has 1 aromatic rings. The highest BCUT2D eigenvalue weighted by Gasteiger charge is 2.12. The molecule has 0 saturated carbocycles. The van der Waals surface area contributed by atoms with E-state index in [1.165, 1.54) is 11.3 Å². The standard InChI is InChI=1S/C12H20N4O2S/c1-3-5-14-10(17)4-6-15-11(18)9-7-19-12(16-9)8(2)13/h7-8H,3-6,13H2,1-2H3,(H,14,17)(H,15,18). The Bertz CT molecular complexity index is 431. The van der Waals surface area contributed by atoms with Gasteiger partial charge in [-0.3, -0.25) is 9.59 Å². The highest BCUT2D eigenvalue weighted by atomic mass is 32.1. The van der Waals surface area contributed by atoms with Crippen LogP contribution < -0.4 is 16.4 Å². The van der Waals surface area contributed by atoms with E-state index in [1.54, 1.807) is 5.38 Å². The topological polar surface area (TPSA) is 97.1 Å². The Labute approximate surface area is 116 Å². The van der Waals surface area contributed by atoms with Crippen LogP contribution in [0.15, 0.2) is 5.38 Å². The fourth-order valence-corrected chi connectivity index (χ4v) is 2.09. The molecule has 6 nitrogen and oxygen atoms in total. The summed E-state index contributed by atoms with van der Waals surface area (Å²) in [5.74, 6) is -0.330. The molecule has 1 heterocycles. The van der Waals surface area contributed by atoms with Crippen LogP contribution in [0.2, 0.25) is 0 Å². The molecule has 0 spiro atoms. The molecular formula is C12H20N4O2S. The van der Waals surface area contributed by atoms with Gasteiger partial charge in [-0.1, -0.05) is 6.92 Å². The smallest absolute Gasteiger partial charge is 0.270 e. The van der Waals surface area contributed by atoms with Crippen LogP contribution in [0.25, 0.3) is 0 Å². The summed E-state index contributed by atoms with van der Waals surface area (Å²) in [6.07, 6.45) is 1.17. The molecular weight excluding hydrogens is 264 g/mol. The summed E-state index contributed by atoms with van der Waals surface area (Å²) in [5.41, 5.74) is 6.03. The number of hydrogen-bond acceptors (Lipinski definition) is 5. The fraction of sp³-hybridized carbons (Fsp3) is 0.583. The minimum atomic E-state index is -0.272. The maximum absolute atomic E-state index is 11.7. The summed E-state index contributed by atoms with van der Waals surface area (Å²) in [6.45, 7) is 4.77. The zero-order chi connectivity index (χ0) is 14.3. The second-order valence-corrected chi connectivity index (χ2v) is 5.11. The van der Waals surface area contributed by atoms with Gasteiger partial charge in [0.05, 0.1) is 6.04 Å². The molecule has 4 N–H and O–H groups in total. The third-order valence-corrected chi connectivity index (χ3v) is 3.40. The van der Waals surface area contributed by atoms with Crippen molar-refractivity contribution in [3.05, 3.63) is 16.1 Å². The molecule has 7 heteroatoms. The maximum atomic E-state index is 11.7. The molecule has 0 bridgehead atoms. The van der Waals surface area contributed by atoms with Gasteiger partial charge in [0.2, 0.25) is 5.91 Å². The molecule has 0 aliphatic heterocycles. The number of carbonyl (C=O) groups excluding carboxylic acids is 2. The normalized spacial score (nSPS) is 11.9. The van der Waals surface area contributed by atoms with Gasteiger partial charge >= 0.3 is 0 Å². The molecule has 1 unspecified atom stereocenters. The van der Waals surface area contributed by atoms with Crippen molar-refractivity contribution >= 4 is 23.2 Å². The van der Waals surface area contributed by atoms with E-state index >= 15 is 0 Å². The number of nitrogens with zero attached hydrogens (tertiary/aromatic N) is 1. The number of nitrogens with one attached hydrogen (secondary N) is 2. The Morgan fingerprint density at radius 3 is 2.74 bits per heavy atom. The first-order valence-electron chi connectivity index (χ1n) is 6.30. The molecule has 19 heavy (non-hydrogen) atoms. The lowest BCUT2D eigenvalue weighted by Gasteiger charge is -2.04. The predicted molar refractivity (Wildman–Crippen MR) is 75.0 cm³/mol. The van der Waals surface area contributed by atoms with E-state index in [1.807, 2.05) is 13.8 Å². The molecule has 0 aliphatic carbocycles. The number of nitrogens with two attached hydrogens (primary N) is 1. The Kier molecular flexibility index (Phi) is 6.44. The van der Waals surface area contributed by atoms with E-state index in [4.69, 9.17) is 5.73 Å². The molecule has 0 radical (unpaired) electrons. The van der Waals surface area contributed by atoms with Gasteiger partial charge in [0.25, 0.3) is 5.91 Å². The first-order valence-corrected chi connectivity index (χ1v) is 7.18. The fourth-order valence-electron chi connectivity index (χ4n) is 1.33.